The van der Waals surface area contributed by atoms with Crippen LogP contribution in [0.4, 0.5) is 14.6 Å². The largest absolute Gasteiger partial charge is 0.490 e. The highest BCUT2D eigenvalue weighted by atomic mass is 19.2. The molecule has 2 fully saturated rings. The van der Waals surface area contributed by atoms with Gasteiger partial charge in [0.1, 0.15) is 11.5 Å². The van der Waals surface area contributed by atoms with Gasteiger partial charge in [-0.05, 0) is 73.3 Å². The number of nitrogen functional groups attached to an aromatic ring is 1. The van der Waals surface area contributed by atoms with Crippen molar-refractivity contribution in [2.45, 2.75) is 31.7 Å². The van der Waals surface area contributed by atoms with Gasteiger partial charge in [0.2, 0.25) is 5.82 Å². The molecular formula is C24H25F2N9O. The molecular weight excluding hydrogens is 468 g/mol. The zero-order valence-electron chi connectivity index (χ0n) is 19.4. The van der Waals surface area contributed by atoms with Gasteiger partial charge in [-0.3, -0.25) is 4.68 Å². The summed E-state index contributed by atoms with van der Waals surface area (Å²) in [5.74, 6) is -1.62. The van der Waals surface area contributed by atoms with Crippen molar-refractivity contribution < 1.29 is 13.5 Å². The van der Waals surface area contributed by atoms with E-state index in [1.807, 2.05) is 10.9 Å². The normalized spacial score (nSPS) is 16.4. The number of aromatic nitrogens is 7. The second-order valence-electron chi connectivity index (χ2n) is 9.23. The van der Waals surface area contributed by atoms with E-state index in [9.17, 15) is 4.39 Å². The molecule has 4 aromatic rings. The van der Waals surface area contributed by atoms with Crippen LogP contribution in [0.3, 0.4) is 0 Å². The van der Waals surface area contributed by atoms with Gasteiger partial charge < -0.3 is 15.8 Å². The molecule has 186 valence electrons. The summed E-state index contributed by atoms with van der Waals surface area (Å²) in [6.07, 6.45) is 9.50. The SMILES string of the molecule is Nc1ncc(-c2cnn(C3CCNCC3)c2)cc1-c1nnnn1-c1ccc(OCC2CC2)c(F)c1F. The monoisotopic (exact) mass is 493 g/mol. The summed E-state index contributed by atoms with van der Waals surface area (Å²) in [7, 11) is 0. The van der Waals surface area contributed by atoms with E-state index < -0.39 is 11.6 Å². The van der Waals surface area contributed by atoms with E-state index in [1.54, 1.807) is 18.5 Å². The number of halogens is 2. The van der Waals surface area contributed by atoms with Gasteiger partial charge in [0.25, 0.3) is 0 Å². The number of piperidine rings is 1. The average Bonchev–Trinajstić information content (AvgIpc) is 3.38. The number of nitrogens with two attached hydrogens (primary N) is 1. The van der Waals surface area contributed by atoms with Crippen LogP contribution in [0.2, 0.25) is 0 Å². The lowest BCUT2D eigenvalue weighted by molar-refractivity contribution is 0.280. The predicted octanol–water partition coefficient (Wildman–Crippen LogP) is 3.16. The molecule has 2 aliphatic rings. The minimum atomic E-state index is -1.11. The third-order valence-corrected chi connectivity index (χ3v) is 6.67. The summed E-state index contributed by atoms with van der Waals surface area (Å²) in [5, 5.41) is 19.5. The Bertz CT molecular complexity index is 1390. The Hall–Kier alpha value is -3.93. The maximum Gasteiger partial charge on any atom is 0.202 e. The Labute approximate surface area is 205 Å². The van der Waals surface area contributed by atoms with Crippen LogP contribution in [0.1, 0.15) is 31.7 Å². The lowest BCUT2D eigenvalue weighted by atomic mass is 10.1. The van der Waals surface area contributed by atoms with Gasteiger partial charge >= 0.3 is 0 Å². The first-order chi connectivity index (χ1) is 17.6. The van der Waals surface area contributed by atoms with Crippen LogP contribution in [0, 0.1) is 17.6 Å². The second-order valence-corrected chi connectivity index (χ2v) is 9.23. The molecule has 6 rings (SSSR count). The number of nitrogens with one attached hydrogen (secondary N) is 1. The summed E-state index contributed by atoms with van der Waals surface area (Å²) >= 11 is 0. The maximum absolute atomic E-state index is 15.1. The first kappa shape index (κ1) is 22.5. The first-order valence-electron chi connectivity index (χ1n) is 12.0. The molecule has 3 N–H and O–H groups in total. The first-order valence-corrected chi connectivity index (χ1v) is 12.0. The quantitative estimate of drug-likeness (QED) is 0.403. The molecule has 1 aromatic carbocycles. The molecule has 4 heterocycles. The zero-order chi connectivity index (χ0) is 24.6. The smallest absolute Gasteiger partial charge is 0.202 e. The standard InChI is InChI=1S/C24H25F2N9O/c25-21-19(3-4-20(22(21)26)36-13-14-1-2-14)35-24(31-32-33-35)18-9-15(10-29-23(18)27)16-11-30-34(12-16)17-5-7-28-8-6-17/h3-4,9-12,14,17,28H,1-2,5-8,13H2,(H2,27,29). The molecule has 0 spiro atoms. The van der Waals surface area contributed by atoms with Gasteiger partial charge in [0.15, 0.2) is 17.4 Å². The number of hydrogen-bond donors (Lipinski definition) is 2. The van der Waals surface area contributed by atoms with E-state index in [-0.39, 0.29) is 23.1 Å². The molecule has 0 amide bonds. The summed E-state index contributed by atoms with van der Waals surface area (Å²) < 4.78 is 38.3. The number of anilines is 1. The molecule has 10 nitrogen and oxygen atoms in total. The summed E-state index contributed by atoms with van der Waals surface area (Å²) in [6.45, 7) is 2.29. The molecule has 1 saturated carbocycles. The van der Waals surface area contributed by atoms with Crippen LogP contribution in [0.25, 0.3) is 28.2 Å². The van der Waals surface area contributed by atoms with E-state index in [0.717, 1.165) is 54.6 Å². The average molecular weight is 494 g/mol. The highest BCUT2D eigenvalue weighted by Gasteiger charge is 2.25. The van der Waals surface area contributed by atoms with Crippen molar-refractivity contribution in [2.24, 2.45) is 5.92 Å². The van der Waals surface area contributed by atoms with Gasteiger partial charge in [0, 0.05) is 23.5 Å². The predicted molar refractivity (Wildman–Crippen MR) is 127 cm³/mol. The van der Waals surface area contributed by atoms with Crippen molar-refractivity contribution in [1.29, 1.82) is 0 Å². The Morgan fingerprint density at radius 1 is 1.06 bits per heavy atom. The second kappa shape index (κ2) is 9.26. The number of benzene rings is 1. The Morgan fingerprint density at radius 2 is 1.89 bits per heavy atom. The molecule has 0 radical (unpaired) electrons. The number of pyridine rings is 1. The fraction of sp³-hybridized carbons (Fsp3) is 0.375. The molecule has 1 aliphatic carbocycles. The number of rotatable bonds is 7. The van der Waals surface area contributed by atoms with Crippen LogP contribution in [-0.2, 0) is 0 Å². The molecule has 0 unspecified atom stereocenters. The topological polar surface area (TPSA) is 122 Å². The maximum atomic E-state index is 15.1. The van der Waals surface area contributed by atoms with E-state index in [2.05, 4.69) is 30.9 Å². The lowest BCUT2D eigenvalue weighted by Crippen LogP contribution is -2.29. The van der Waals surface area contributed by atoms with Crippen molar-refractivity contribution in [3.05, 3.63) is 48.4 Å². The minimum absolute atomic E-state index is 0.133. The Balaban J connectivity index is 1.32. The summed E-state index contributed by atoms with van der Waals surface area (Å²) in [5.41, 5.74) is 8.00. The minimum Gasteiger partial charge on any atom is -0.490 e. The number of ether oxygens (including phenoxy) is 1. The van der Waals surface area contributed by atoms with Gasteiger partial charge in [-0.25, -0.2) is 9.37 Å². The number of tetrazole rings is 1. The van der Waals surface area contributed by atoms with Gasteiger partial charge in [-0.15, -0.1) is 5.10 Å². The molecule has 0 bridgehead atoms. The van der Waals surface area contributed by atoms with Gasteiger partial charge in [-0.2, -0.15) is 14.2 Å². The van der Waals surface area contributed by atoms with Crippen LogP contribution in [0.5, 0.6) is 5.75 Å². The lowest BCUT2D eigenvalue weighted by Gasteiger charge is -2.22. The van der Waals surface area contributed by atoms with Crippen LogP contribution < -0.4 is 15.8 Å². The Kier molecular flexibility index (Phi) is 5.80. The molecule has 3 aromatic heterocycles. The fourth-order valence-corrected chi connectivity index (χ4v) is 4.38. The summed E-state index contributed by atoms with van der Waals surface area (Å²) in [4.78, 5) is 4.30. The molecule has 1 saturated heterocycles. The van der Waals surface area contributed by atoms with Crippen molar-refractivity contribution in [1.82, 2.24) is 40.3 Å². The molecule has 12 heteroatoms. The molecule has 0 atom stereocenters. The van der Waals surface area contributed by atoms with E-state index in [4.69, 9.17) is 10.5 Å². The van der Waals surface area contributed by atoms with Gasteiger partial charge in [0.05, 0.1) is 24.4 Å². The van der Waals surface area contributed by atoms with Crippen molar-refractivity contribution in [2.75, 3.05) is 25.4 Å². The van der Waals surface area contributed by atoms with Crippen LogP contribution >= 0.6 is 0 Å². The van der Waals surface area contributed by atoms with Crippen molar-refractivity contribution in [3.8, 4) is 34.0 Å². The zero-order valence-corrected chi connectivity index (χ0v) is 19.4. The van der Waals surface area contributed by atoms with Crippen molar-refractivity contribution >= 4 is 5.82 Å². The third-order valence-electron chi connectivity index (χ3n) is 6.67. The fourth-order valence-electron chi connectivity index (χ4n) is 4.38. The van der Waals surface area contributed by atoms with Gasteiger partial charge in [-0.1, -0.05) is 0 Å². The third kappa shape index (κ3) is 4.28. The van der Waals surface area contributed by atoms with E-state index in [0.29, 0.717) is 24.1 Å². The Morgan fingerprint density at radius 3 is 2.69 bits per heavy atom. The van der Waals surface area contributed by atoms with E-state index in [1.165, 1.54) is 12.1 Å². The number of nitrogens with zero attached hydrogens (tertiary/aromatic N) is 7. The molecule has 36 heavy (non-hydrogen) atoms. The number of hydrogen-bond acceptors (Lipinski definition) is 8. The van der Waals surface area contributed by atoms with Crippen LogP contribution in [-0.4, -0.2) is 54.7 Å². The highest BCUT2D eigenvalue weighted by Crippen LogP contribution is 2.33. The highest BCUT2D eigenvalue weighted by molar-refractivity contribution is 5.76. The summed E-state index contributed by atoms with van der Waals surface area (Å²) in [6, 6.07) is 4.88. The van der Waals surface area contributed by atoms with Crippen LogP contribution in [0.15, 0.2) is 36.8 Å². The van der Waals surface area contributed by atoms with Crippen molar-refractivity contribution in [3.63, 3.8) is 0 Å². The molecule has 1 aliphatic heterocycles. The van der Waals surface area contributed by atoms with E-state index >= 15 is 4.39 Å².